The van der Waals surface area contributed by atoms with Gasteiger partial charge in [-0.05, 0) is 93.9 Å². The number of carbonyl (C=O) groups excluding carboxylic acids is 2. The highest BCUT2D eigenvalue weighted by Crippen LogP contribution is 2.44. The molecule has 0 radical (unpaired) electrons. The van der Waals surface area contributed by atoms with Gasteiger partial charge >= 0.3 is 12.1 Å². The first-order valence-electron chi connectivity index (χ1n) is 14.8. The zero-order valence-corrected chi connectivity index (χ0v) is 33.2. The van der Waals surface area contributed by atoms with Crippen LogP contribution in [0.15, 0.2) is 64.1 Å². The number of hydrogen-bond donors (Lipinski definition) is 8. The minimum Gasteiger partial charge on any atom is -0.495 e. The van der Waals surface area contributed by atoms with Crippen molar-refractivity contribution in [1.29, 1.82) is 0 Å². The summed E-state index contributed by atoms with van der Waals surface area (Å²) in [7, 11) is 1.48. The summed E-state index contributed by atoms with van der Waals surface area (Å²) in [6, 6.07) is 3.54. The second-order valence-corrected chi connectivity index (χ2v) is 14.3. The Kier molecular flexibility index (Phi) is 15.8. The summed E-state index contributed by atoms with van der Waals surface area (Å²) < 4.78 is 45.1. The third-order valence-electron chi connectivity index (χ3n) is 7.11. The summed E-state index contributed by atoms with van der Waals surface area (Å²) in [6.07, 6.45) is -1.99. The van der Waals surface area contributed by atoms with Crippen molar-refractivity contribution in [3.05, 3.63) is 59.3 Å². The van der Waals surface area contributed by atoms with E-state index in [1.807, 2.05) is 0 Å². The molecule has 52 heavy (non-hydrogen) atoms. The number of alkyl halides is 3. The molecule has 4 rings (SSSR count). The van der Waals surface area contributed by atoms with Crippen molar-refractivity contribution in [3.8, 4) is 5.75 Å². The van der Waals surface area contributed by atoms with Crippen LogP contribution in [-0.2, 0) is 30.4 Å². The molecular formula is C29H32Br4F3N7O9. The first-order chi connectivity index (χ1) is 24.4. The number of hydrogen-bond acceptors (Lipinski definition) is 13. The van der Waals surface area contributed by atoms with Crippen LogP contribution < -0.4 is 31.7 Å². The minimum absolute atomic E-state index is 0.0462. The van der Waals surface area contributed by atoms with Crippen molar-refractivity contribution in [1.82, 2.24) is 21.3 Å². The molecule has 3 atom stereocenters. The number of carboxylic acids is 1. The van der Waals surface area contributed by atoms with Crippen LogP contribution in [0.3, 0.4) is 0 Å². The Balaban J connectivity index is 0.000000944. The second kappa shape index (κ2) is 19.1. The number of allylic oxidation sites excluding steroid dienone is 1. The van der Waals surface area contributed by atoms with Crippen LogP contribution in [0.5, 0.6) is 5.75 Å². The maximum Gasteiger partial charge on any atom is 0.490 e. The number of aliphatic hydroxyl groups excluding tert-OH is 1. The van der Waals surface area contributed by atoms with E-state index in [4.69, 9.17) is 29.9 Å². The number of aliphatic hydroxyl groups is 1. The predicted molar refractivity (Wildman–Crippen MR) is 193 cm³/mol. The monoisotopic (exact) mass is 995 g/mol. The fraction of sp³-hybridized carbons (Fsp3) is 0.414. The van der Waals surface area contributed by atoms with Crippen LogP contribution in [0.4, 0.5) is 13.2 Å². The molecule has 0 aromatic heterocycles. The Morgan fingerprint density at radius 1 is 1.17 bits per heavy atom. The Bertz CT molecular complexity index is 1670. The van der Waals surface area contributed by atoms with Gasteiger partial charge in [0.25, 0.3) is 11.8 Å². The van der Waals surface area contributed by atoms with Crippen LogP contribution in [0, 0.1) is 0 Å². The fourth-order valence-electron chi connectivity index (χ4n) is 4.61. The largest absolute Gasteiger partial charge is 0.495 e. The zero-order chi connectivity index (χ0) is 38.8. The molecule has 2 heterocycles. The standard InChI is InChI=1S/C27H31Br4N7O7.C2HF3O2/c1-43-22-17(30)10-27(23(39)20(22)31)11-19(38-45-27)25(41)33-4-2-6-44-21-15(28)7-13(8-16(21)29)9-18(37-42)24(40)34-5-3-14-12-35-26(32)36-14;3-2(4,5)1(6)7/h7-8,10,12,23,26,35-36,39,42H,2-6,9,11,32H2,1H3,(H,33,41)(H,34,40);(H,6,7)/b37-18+;/t23-,26?,27+;/m1./s1. The number of nitrogens with zero attached hydrogens (tertiary/aromatic N) is 2. The number of nitrogens with one attached hydrogen (secondary N) is 4. The van der Waals surface area contributed by atoms with Crippen LogP contribution in [0.25, 0.3) is 0 Å². The van der Waals surface area contributed by atoms with Crippen molar-refractivity contribution in [2.75, 3.05) is 26.8 Å². The van der Waals surface area contributed by atoms with Gasteiger partial charge in [-0.1, -0.05) is 10.3 Å². The number of carboxylic acid groups (broad SMARTS) is 1. The van der Waals surface area contributed by atoms with Crippen molar-refractivity contribution < 1.29 is 57.3 Å². The molecule has 1 aromatic rings. The summed E-state index contributed by atoms with van der Waals surface area (Å²) in [5, 5.41) is 45.9. The lowest BCUT2D eigenvalue weighted by Crippen LogP contribution is -2.45. The molecule has 1 unspecified atom stereocenters. The average molecular weight is 999 g/mol. The highest BCUT2D eigenvalue weighted by molar-refractivity contribution is 9.12. The smallest absolute Gasteiger partial charge is 0.490 e. The van der Waals surface area contributed by atoms with Gasteiger partial charge in [-0.3, -0.25) is 15.3 Å². The molecule has 0 saturated carbocycles. The van der Waals surface area contributed by atoms with E-state index in [1.54, 1.807) is 24.4 Å². The van der Waals surface area contributed by atoms with E-state index in [-0.39, 0.29) is 37.2 Å². The summed E-state index contributed by atoms with van der Waals surface area (Å²) in [6.45, 7) is 0.922. The molecule has 0 bridgehead atoms. The molecule has 3 aliphatic rings. The van der Waals surface area contributed by atoms with Crippen molar-refractivity contribution in [2.45, 2.75) is 49.9 Å². The minimum atomic E-state index is -5.08. The number of halogens is 7. The molecule has 286 valence electrons. The summed E-state index contributed by atoms with van der Waals surface area (Å²) in [4.78, 5) is 39.7. The number of aliphatic carboxylic acids is 1. The summed E-state index contributed by atoms with van der Waals surface area (Å²) in [5.41, 5.74) is 6.13. The van der Waals surface area contributed by atoms with Gasteiger partial charge in [0.2, 0.25) is 0 Å². The highest BCUT2D eigenvalue weighted by Gasteiger charge is 2.50. The van der Waals surface area contributed by atoms with E-state index >= 15 is 0 Å². The number of ether oxygens (including phenoxy) is 2. The number of nitrogens with two attached hydrogens (primary N) is 1. The van der Waals surface area contributed by atoms with Gasteiger partial charge in [0.05, 0.1) is 31.6 Å². The molecule has 1 spiro atoms. The lowest BCUT2D eigenvalue weighted by molar-refractivity contribution is -0.192. The van der Waals surface area contributed by atoms with Crippen LogP contribution in [-0.4, -0.2) is 95.6 Å². The first-order valence-corrected chi connectivity index (χ1v) is 18.0. The number of oxime groups is 2. The van der Waals surface area contributed by atoms with Gasteiger partial charge in [0, 0.05) is 44.2 Å². The Hall–Kier alpha value is -3.38. The average Bonchev–Trinajstić information content (AvgIpc) is 3.69. The number of carbonyl (C=O) groups is 3. The first kappa shape index (κ1) is 43.0. The van der Waals surface area contributed by atoms with E-state index in [0.717, 1.165) is 5.70 Å². The molecule has 23 heteroatoms. The van der Waals surface area contributed by atoms with Crippen LogP contribution in [0.1, 0.15) is 24.8 Å². The van der Waals surface area contributed by atoms with E-state index in [1.165, 1.54) is 7.11 Å². The molecule has 16 nitrogen and oxygen atoms in total. The van der Waals surface area contributed by atoms with Crippen molar-refractivity contribution >= 4 is 92.9 Å². The van der Waals surface area contributed by atoms with E-state index in [2.05, 4.69) is 95.3 Å². The van der Waals surface area contributed by atoms with Crippen LogP contribution in [0.2, 0.25) is 0 Å². The topological polar surface area (TPSA) is 238 Å². The fourth-order valence-corrected chi connectivity index (χ4v) is 7.91. The van der Waals surface area contributed by atoms with Crippen molar-refractivity contribution in [3.63, 3.8) is 0 Å². The van der Waals surface area contributed by atoms with Gasteiger partial charge in [-0.25, -0.2) is 4.79 Å². The lowest BCUT2D eigenvalue weighted by atomic mass is 9.87. The Morgan fingerprint density at radius 3 is 2.38 bits per heavy atom. The van der Waals surface area contributed by atoms with E-state index < -0.39 is 35.7 Å². The van der Waals surface area contributed by atoms with E-state index in [9.17, 15) is 33.1 Å². The van der Waals surface area contributed by atoms with Gasteiger partial charge < -0.3 is 51.0 Å². The SMILES string of the molecule is COC1=C(Br)[C@@H](O)[C@]2(C=C1Br)CC(C(=O)NCCCOc1c(Br)cc(C/C(=N\O)C(=O)NCCC3=CNC(N)N3)cc1Br)=NO2.O=C(O)C(F)(F)F. The number of benzene rings is 1. The Labute approximate surface area is 327 Å². The molecule has 9 N–H and O–H groups in total. The maximum absolute atomic E-state index is 12.7. The van der Waals surface area contributed by atoms with Gasteiger partial charge in [0.1, 0.15) is 35.3 Å². The zero-order valence-electron chi connectivity index (χ0n) is 26.8. The molecule has 2 amide bonds. The number of amides is 2. The highest BCUT2D eigenvalue weighted by atomic mass is 79.9. The van der Waals surface area contributed by atoms with E-state index in [0.29, 0.717) is 60.9 Å². The van der Waals surface area contributed by atoms with Crippen molar-refractivity contribution in [2.24, 2.45) is 16.0 Å². The number of methoxy groups -OCH3 is 1. The second-order valence-electron chi connectivity index (χ2n) is 10.9. The Morgan fingerprint density at radius 2 is 1.83 bits per heavy atom. The summed E-state index contributed by atoms with van der Waals surface area (Å²) >= 11 is 13.7. The van der Waals surface area contributed by atoms with Crippen LogP contribution >= 0.6 is 63.7 Å². The molecular weight excluding hydrogens is 967 g/mol. The van der Waals surface area contributed by atoms with Gasteiger partial charge in [0.15, 0.2) is 5.60 Å². The third kappa shape index (κ3) is 11.6. The molecule has 1 aliphatic carbocycles. The molecule has 2 aliphatic heterocycles. The normalized spacial score (nSPS) is 21.0. The number of rotatable bonds is 13. The summed E-state index contributed by atoms with van der Waals surface area (Å²) in [5.74, 6) is -2.69. The van der Waals surface area contributed by atoms with Gasteiger partial charge in [-0.15, -0.1) is 0 Å². The quantitative estimate of drug-likeness (QED) is 0.0616. The molecule has 1 aromatic carbocycles. The predicted octanol–water partition coefficient (Wildman–Crippen LogP) is 3.31. The van der Waals surface area contributed by atoms with Gasteiger partial charge in [-0.2, -0.15) is 13.2 Å². The molecule has 0 saturated heterocycles. The maximum atomic E-state index is 12.7. The molecule has 0 fully saturated rings. The lowest BCUT2D eigenvalue weighted by Gasteiger charge is -2.33. The third-order valence-corrected chi connectivity index (χ3v) is 9.67.